The van der Waals surface area contributed by atoms with Crippen molar-refractivity contribution in [1.82, 2.24) is 0 Å². The second-order valence-corrected chi connectivity index (χ2v) is 5.25. The van der Waals surface area contributed by atoms with Crippen LogP contribution in [0.5, 0.6) is 5.75 Å². The zero-order valence-electron chi connectivity index (χ0n) is 7.70. The Balaban J connectivity index is 2.63. The largest absolute Gasteiger partial charge is 0.507 e. The van der Waals surface area contributed by atoms with Gasteiger partial charge in [0, 0.05) is 20.2 Å². The molecular weight excluding hydrogens is 272 g/mol. The molecule has 15 heavy (non-hydrogen) atoms. The molecule has 0 aliphatic rings. The maximum atomic E-state index is 9.65. The third-order valence-corrected chi connectivity index (χ3v) is 4.40. The Kier molecular flexibility index (Phi) is 1.97. The van der Waals surface area contributed by atoms with Gasteiger partial charge in [-0.25, -0.2) is 0 Å². The first-order valence-electron chi connectivity index (χ1n) is 4.56. The molecular formula is C12H7BrOS. The molecule has 0 saturated carbocycles. The first kappa shape index (κ1) is 9.19. The van der Waals surface area contributed by atoms with Crippen LogP contribution in [0.4, 0.5) is 0 Å². The molecule has 0 saturated heterocycles. The van der Waals surface area contributed by atoms with E-state index in [1.165, 1.54) is 14.8 Å². The number of rotatable bonds is 0. The zero-order valence-corrected chi connectivity index (χ0v) is 10.1. The molecule has 0 atom stereocenters. The van der Waals surface area contributed by atoms with Gasteiger partial charge < -0.3 is 5.11 Å². The van der Waals surface area contributed by atoms with E-state index in [4.69, 9.17) is 0 Å². The van der Waals surface area contributed by atoms with Gasteiger partial charge >= 0.3 is 0 Å². The first-order chi connectivity index (χ1) is 7.27. The summed E-state index contributed by atoms with van der Waals surface area (Å²) in [5.74, 6) is 0.297. The highest BCUT2D eigenvalue weighted by molar-refractivity contribution is 9.10. The van der Waals surface area contributed by atoms with Crippen LogP contribution in [-0.4, -0.2) is 5.11 Å². The molecule has 0 unspecified atom stereocenters. The Bertz CT molecular complexity index is 657. The summed E-state index contributed by atoms with van der Waals surface area (Å²) in [5, 5.41) is 12.0. The first-order valence-corrected chi connectivity index (χ1v) is 6.17. The third kappa shape index (κ3) is 1.27. The summed E-state index contributed by atoms with van der Waals surface area (Å²) < 4.78 is 3.23. The molecule has 0 spiro atoms. The number of thiophene rings is 1. The summed E-state index contributed by atoms with van der Waals surface area (Å²) in [6.45, 7) is 0. The Morgan fingerprint density at radius 2 is 1.80 bits per heavy atom. The minimum atomic E-state index is 0.297. The standard InChI is InChI=1S/C12H7BrOS/c13-12-8(14)5-6-10-11(12)7-3-1-2-4-9(7)15-10/h1-6,14H. The van der Waals surface area contributed by atoms with Gasteiger partial charge in [-0.1, -0.05) is 18.2 Å². The molecule has 1 aromatic heterocycles. The molecule has 1 nitrogen and oxygen atoms in total. The van der Waals surface area contributed by atoms with E-state index in [2.05, 4.69) is 28.1 Å². The summed E-state index contributed by atoms with van der Waals surface area (Å²) in [7, 11) is 0. The van der Waals surface area contributed by atoms with Crippen molar-refractivity contribution in [3.63, 3.8) is 0 Å². The highest BCUT2D eigenvalue weighted by Crippen LogP contribution is 2.41. The fourth-order valence-electron chi connectivity index (χ4n) is 1.76. The second kappa shape index (κ2) is 3.22. The van der Waals surface area contributed by atoms with Crippen LogP contribution >= 0.6 is 27.3 Å². The Morgan fingerprint density at radius 1 is 1.00 bits per heavy atom. The predicted molar refractivity (Wildman–Crippen MR) is 68.7 cm³/mol. The monoisotopic (exact) mass is 278 g/mol. The quantitative estimate of drug-likeness (QED) is 0.641. The van der Waals surface area contributed by atoms with Crippen LogP contribution in [0.1, 0.15) is 0 Å². The molecule has 1 N–H and O–H groups in total. The van der Waals surface area contributed by atoms with Crippen LogP contribution in [0, 0.1) is 0 Å². The number of phenolic OH excluding ortho intramolecular Hbond substituents is 1. The lowest BCUT2D eigenvalue weighted by molar-refractivity contribution is 0.473. The maximum absolute atomic E-state index is 9.65. The van der Waals surface area contributed by atoms with Crippen LogP contribution in [0.25, 0.3) is 20.2 Å². The van der Waals surface area contributed by atoms with Crippen molar-refractivity contribution in [2.24, 2.45) is 0 Å². The maximum Gasteiger partial charge on any atom is 0.130 e. The summed E-state index contributed by atoms with van der Waals surface area (Å²) in [6.07, 6.45) is 0. The van der Waals surface area contributed by atoms with Crippen LogP contribution in [0.15, 0.2) is 40.9 Å². The number of halogens is 1. The molecule has 0 amide bonds. The van der Waals surface area contributed by atoms with Crippen molar-refractivity contribution >= 4 is 47.4 Å². The normalized spacial score (nSPS) is 11.3. The summed E-state index contributed by atoms with van der Waals surface area (Å²) in [6, 6.07) is 11.9. The molecule has 2 aromatic carbocycles. The average molecular weight is 279 g/mol. The number of hydrogen-bond acceptors (Lipinski definition) is 2. The number of hydrogen-bond donors (Lipinski definition) is 1. The zero-order chi connectivity index (χ0) is 10.4. The number of benzene rings is 2. The van der Waals surface area contributed by atoms with E-state index in [0.29, 0.717) is 5.75 Å². The van der Waals surface area contributed by atoms with E-state index in [9.17, 15) is 5.11 Å². The van der Waals surface area contributed by atoms with Crippen molar-refractivity contribution in [3.8, 4) is 5.75 Å². The lowest BCUT2D eigenvalue weighted by atomic mass is 10.1. The summed E-state index contributed by atoms with van der Waals surface area (Å²) in [5.41, 5.74) is 0. The van der Waals surface area contributed by atoms with Gasteiger partial charge in [0.2, 0.25) is 0 Å². The Hall–Kier alpha value is -1.06. The van der Waals surface area contributed by atoms with Crippen LogP contribution < -0.4 is 0 Å². The summed E-state index contributed by atoms with van der Waals surface area (Å²) in [4.78, 5) is 0. The molecule has 1 heterocycles. The van der Waals surface area contributed by atoms with E-state index in [1.54, 1.807) is 17.4 Å². The molecule has 0 aliphatic heterocycles. The van der Waals surface area contributed by atoms with E-state index in [-0.39, 0.29) is 0 Å². The highest BCUT2D eigenvalue weighted by atomic mass is 79.9. The SMILES string of the molecule is Oc1ccc2sc3ccccc3c2c1Br. The topological polar surface area (TPSA) is 20.2 Å². The molecule has 0 aliphatic carbocycles. The fourth-order valence-corrected chi connectivity index (χ4v) is 3.57. The molecule has 3 heteroatoms. The second-order valence-electron chi connectivity index (χ2n) is 3.37. The number of aromatic hydroxyl groups is 1. The van der Waals surface area contributed by atoms with E-state index >= 15 is 0 Å². The smallest absolute Gasteiger partial charge is 0.130 e. The molecule has 0 radical (unpaired) electrons. The molecule has 74 valence electrons. The molecule has 3 aromatic rings. The lowest BCUT2D eigenvalue weighted by Crippen LogP contribution is -1.70. The number of fused-ring (bicyclic) bond motifs is 3. The van der Waals surface area contributed by atoms with Crippen LogP contribution in [-0.2, 0) is 0 Å². The van der Waals surface area contributed by atoms with Gasteiger partial charge in [-0.05, 0) is 34.1 Å². The van der Waals surface area contributed by atoms with Crippen molar-refractivity contribution in [3.05, 3.63) is 40.9 Å². The van der Waals surface area contributed by atoms with Gasteiger partial charge in [-0.3, -0.25) is 0 Å². The van der Waals surface area contributed by atoms with Crippen molar-refractivity contribution in [2.45, 2.75) is 0 Å². The van der Waals surface area contributed by atoms with Gasteiger partial charge in [0.15, 0.2) is 0 Å². The van der Waals surface area contributed by atoms with Gasteiger partial charge in [-0.15, -0.1) is 11.3 Å². The fraction of sp³-hybridized carbons (Fsp3) is 0. The van der Waals surface area contributed by atoms with Crippen molar-refractivity contribution in [1.29, 1.82) is 0 Å². The average Bonchev–Trinajstić information content (AvgIpc) is 2.62. The minimum Gasteiger partial charge on any atom is -0.507 e. The van der Waals surface area contributed by atoms with Gasteiger partial charge in [-0.2, -0.15) is 0 Å². The van der Waals surface area contributed by atoms with Crippen molar-refractivity contribution < 1.29 is 5.11 Å². The minimum absolute atomic E-state index is 0.297. The summed E-state index contributed by atoms with van der Waals surface area (Å²) >= 11 is 5.18. The van der Waals surface area contributed by atoms with Crippen molar-refractivity contribution in [2.75, 3.05) is 0 Å². The van der Waals surface area contributed by atoms with E-state index in [0.717, 1.165) is 9.86 Å². The van der Waals surface area contributed by atoms with E-state index in [1.807, 2.05) is 18.2 Å². The Labute approximate surface area is 99.1 Å². The van der Waals surface area contributed by atoms with E-state index < -0.39 is 0 Å². The Morgan fingerprint density at radius 3 is 2.67 bits per heavy atom. The van der Waals surface area contributed by atoms with Crippen LogP contribution in [0.3, 0.4) is 0 Å². The molecule has 0 fully saturated rings. The van der Waals surface area contributed by atoms with Gasteiger partial charge in [0.05, 0.1) is 4.47 Å². The lowest BCUT2D eigenvalue weighted by Gasteiger charge is -1.98. The third-order valence-electron chi connectivity index (χ3n) is 2.46. The van der Waals surface area contributed by atoms with Crippen LogP contribution in [0.2, 0.25) is 0 Å². The predicted octanol–water partition coefficient (Wildman–Crippen LogP) is 4.52. The van der Waals surface area contributed by atoms with Gasteiger partial charge in [0.25, 0.3) is 0 Å². The molecule has 3 rings (SSSR count). The van der Waals surface area contributed by atoms with Gasteiger partial charge in [0.1, 0.15) is 5.75 Å². The number of phenols is 1. The molecule has 0 bridgehead atoms. The highest BCUT2D eigenvalue weighted by Gasteiger charge is 2.10.